The Balaban J connectivity index is 1.18. The first-order valence-corrected chi connectivity index (χ1v) is 21.8. The van der Waals surface area contributed by atoms with Crippen LogP contribution in [0.3, 0.4) is 0 Å². The van der Waals surface area contributed by atoms with Crippen LogP contribution in [-0.2, 0) is 33.3 Å². The Morgan fingerprint density at radius 2 is 1.36 bits per heavy atom. The zero-order valence-electron chi connectivity index (χ0n) is 36.0. The fourth-order valence-electron chi connectivity index (χ4n) is 14.0. The second-order valence-electron chi connectivity index (χ2n) is 21.3. The summed E-state index contributed by atoms with van der Waals surface area (Å²) < 4.78 is 29.5. The smallest absolute Gasteiger partial charge is 0.317 e. The first-order valence-electron chi connectivity index (χ1n) is 21.8. The minimum atomic E-state index is -1.76. The van der Waals surface area contributed by atoms with E-state index < -0.39 is 109 Å². The zero-order chi connectivity index (χ0) is 43.4. The molecule has 5 aliphatic carbocycles. The number of allylic oxidation sites excluding steroid dienone is 2. The van der Waals surface area contributed by atoms with Gasteiger partial charge in [0.05, 0.1) is 25.4 Å². The van der Waals surface area contributed by atoms with Crippen LogP contribution in [0.5, 0.6) is 0 Å². The molecule has 0 aromatic rings. The molecule has 15 nitrogen and oxygen atoms in total. The maximum atomic E-state index is 14.6. The lowest BCUT2D eigenvalue weighted by molar-refractivity contribution is -0.331. The third-order valence-electron chi connectivity index (χ3n) is 17.5. The van der Waals surface area contributed by atoms with Crippen LogP contribution in [0, 0.1) is 50.2 Å². The molecule has 15 heteroatoms. The Kier molecular flexibility index (Phi) is 11.9. The molecule has 7 rings (SSSR count). The number of rotatable bonds is 7. The number of hydrogen-bond acceptors (Lipinski definition) is 15. The number of ether oxygens (including phenoxy) is 5. The third kappa shape index (κ3) is 6.87. The van der Waals surface area contributed by atoms with Gasteiger partial charge in [-0.05, 0) is 103 Å². The van der Waals surface area contributed by atoms with Crippen molar-refractivity contribution in [1.29, 1.82) is 0 Å². The molecule has 7 aliphatic rings. The number of fused-ring (bicyclic) bond motifs is 7. The highest BCUT2D eigenvalue weighted by molar-refractivity contribution is 5.80. The van der Waals surface area contributed by atoms with Gasteiger partial charge in [0.25, 0.3) is 0 Å². The lowest BCUT2D eigenvalue weighted by atomic mass is 9.33. The first kappa shape index (κ1) is 45.3. The highest BCUT2D eigenvalue weighted by Gasteiger charge is 2.72. The van der Waals surface area contributed by atoms with Crippen molar-refractivity contribution in [3.8, 4) is 0 Å². The van der Waals surface area contributed by atoms with Crippen LogP contribution in [0.15, 0.2) is 11.6 Å². The number of carbonyl (C=O) groups is 2. The van der Waals surface area contributed by atoms with Crippen molar-refractivity contribution in [2.24, 2.45) is 50.2 Å². The number of aliphatic hydroxyl groups excluding tert-OH is 8. The Bertz CT molecular complexity index is 1630. The molecular formula is C44H70O15. The molecule has 0 radical (unpaired) electrons. The molecule has 6 fully saturated rings. The SMILES string of the molecule is CC(=O)OC1C(OC2CCC3(C)C(CCC4(C)C3CC=C3C5CC(C)(C)CCC5(C(=O)OC5OC(CO)C(O)C(O)C5O)C(O)CC34C)C2(C)C)OC(CO)C(O)C1O. The molecule has 0 bridgehead atoms. The minimum absolute atomic E-state index is 0.151. The molecule has 19 atom stereocenters. The predicted octanol–water partition coefficient (Wildman–Crippen LogP) is 1.86. The van der Waals surface area contributed by atoms with Crippen LogP contribution in [-0.4, -0.2) is 140 Å². The summed E-state index contributed by atoms with van der Waals surface area (Å²) in [7, 11) is 0. The molecule has 59 heavy (non-hydrogen) atoms. The average molecular weight is 839 g/mol. The molecule has 2 heterocycles. The van der Waals surface area contributed by atoms with Crippen molar-refractivity contribution in [1.82, 2.24) is 0 Å². The van der Waals surface area contributed by atoms with Crippen molar-refractivity contribution < 1.29 is 74.1 Å². The largest absolute Gasteiger partial charge is 0.454 e. The summed E-state index contributed by atoms with van der Waals surface area (Å²) in [6, 6.07) is 0. The van der Waals surface area contributed by atoms with Gasteiger partial charge in [-0.25, -0.2) is 0 Å². The second kappa shape index (κ2) is 15.5. The number of carbonyl (C=O) groups excluding carboxylic acids is 2. The normalized spacial score (nSPS) is 51.5. The quantitative estimate of drug-likeness (QED) is 0.104. The van der Waals surface area contributed by atoms with E-state index in [1.54, 1.807) is 0 Å². The molecule has 4 saturated carbocycles. The molecule has 336 valence electrons. The Labute approximate surface area is 347 Å². The Hall–Kier alpha value is -1.76. The van der Waals surface area contributed by atoms with Gasteiger partial charge < -0.3 is 64.5 Å². The molecule has 19 unspecified atom stereocenters. The summed E-state index contributed by atoms with van der Waals surface area (Å²) in [5.41, 5.74) is -1.68. The van der Waals surface area contributed by atoms with Crippen LogP contribution in [0.4, 0.5) is 0 Å². The van der Waals surface area contributed by atoms with Crippen molar-refractivity contribution >= 4 is 11.9 Å². The van der Waals surface area contributed by atoms with E-state index in [1.165, 1.54) is 6.92 Å². The molecule has 0 aromatic carbocycles. The van der Waals surface area contributed by atoms with Crippen molar-refractivity contribution in [3.63, 3.8) is 0 Å². The van der Waals surface area contributed by atoms with E-state index in [0.717, 1.165) is 31.3 Å². The van der Waals surface area contributed by atoms with Crippen molar-refractivity contribution in [2.45, 2.75) is 187 Å². The van der Waals surface area contributed by atoms with E-state index >= 15 is 0 Å². The van der Waals surface area contributed by atoms with Crippen molar-refractivity contribution in [2.75, 3.05) is 13.2 Å². The standard InChI is InChI=1S/C44H70O15/c1-21(47)55-35-33(52)31(50)25(20-46)57-37(35)58-29-12-13-41(6)26(40(29,4)5)11-14-42(7)27(41)10-9-22-23-17-39(2,3)15-16-44(23,28(48)18-43(22,42)8)38(54)59-36-34(53)32(51)30(49)24(19-45)56-36/h9,23-37,45-46,48-53H,10-20H2,1-8H3. The predicted molar refractivity (Wildman–Crippen MR) is 208 cm³/mol. The summed E-state index contributed by atoms with van der Waals surface area (Å²) in [6.07, 6.45) is -7.80. The molecule has 2 saturated heterocycles. The summed E-state index contributed by atoms with van der Waals surface area (Å²) in [4.78, 5) is 26.7. The molecule has 0 spiro atoms. The molecule has 2 aliphatic heterocycles. The monoisotopic (exact) mass is 838 g/mol. The molecule has 8 N–H and O–H groups in total. The van der Waals surface area contributed by atoms with Gasteiger partial charge in [0.15, 0.2) is 12.4 Å². The molecular weight excluding hydrogens is 768 g/mol. The van der Waals surface area contributed by atoms with E-state index in [4.69, 9.17) is 23.7 Å². The Morgan fingerprint density at radius 1 is 0.729 bits per heavy atom. The van der Waals surface area contributed by atoms with Gasteiger partial charge in [0.2, 0.25) is 6.29 Å². The molecule has 0 aromatic heterocycles. The maximum absolute atomic E-state index is 14.6. The summed E-state index contributed by atoms with van der Waals surface area (Å²) in [5.74, 6) is -1.37. The van der Waals surface area contributed by atoms with Gasteiger partial charge >= 0.3 is 11.9 Å². The fourth-order valence-corrected chi connectivity index (χ4v) is 14.0. The highest BCUT2D eigenvalue weighted by atomic mass is 16.7. The Morgan fingerprint density at radius 3 is 1.98 bits per heavy atom. The van der Waals surface area contributed by atoms with E-state index in [2.05, 4.69) is 54.5 Å². The first-order chi connectivity index (χ1) is 27.4. The van der Waals surface area contributed by atoms with Crippen LogP contribution in [0.1, 0.15) is 113 Å². The number of hydrogen-bond donors (Lipinski definition) is 8. The van der Waals surface area contributed by atoms with E-state index in [-0.39, 0.29) is 40.1 Å². The van der Waals surface area contributed by atoms with Crippen LogP contribution in [0.2, 0.25) is 0 Å². The number of aliphatic hydroxyl groups is 8. The highest BCUT2D eigenvalue weighted by Crippen LogP contribution is 2.76. The lowest BCUT2D eigenvalue weighted by Gasteiger charge is -2.71. The maximum Gasteiger partial charge on any atom is 0.317 e. The van der Waals surface area contributed by atoms with Gasteiger partial charge in [-0.3, -0.25) is 9.59 Å². The second-order valence-corrected chi connectivity index (χ2v) is 21.3. The lowest BCUT2D eigenvalue weighted by Crippen LogP contribution is -2.68. The van der Waals surface area contributed by atoms with Crippen molar-refractivity contribution in [3.05, 3.63) is 11.6 Å². The van der Waals surface area contributed by atoms with Crippen LogP contribution >= 0.6 is 0 Å². The average Bonchev–Trinajstić information content (AvgIpc) is 3.15. The van der Waals surface area contributed by atoms with Gasteiger partial charge in [-0.15, -0.1) is 0 Å². The fraction of sp³-hybridized carbons (Fsp3) is 0.909. The van der Waals surface area contributed by atoms with E-state index in [0.29, 0.717) is 32.1 Å². The van der Waals surface area contributed by atoms with E-state index in [9.17, 15) is 50.4 Å². The summed E-state index contributed by atoms with van der Waals surface area (Å²) in [6.45, 7) is 15.7. The third-order valence-corrected chi connectivity index (χ3v) is 17.5. The minimum Gasteiger partial charge on any atom is -0.454 e. The van der Waals surface area contributed by atoms with E-state index in [1.807, 2.05) is 0 Å². The van der Waals surface area contributed by atoms with Crippen LogP contribution in [0.25, 0.3) is 0 Å². The topological polar surface area (TPSA) is 242 Å². The van der Waals surface area contributed by atoms with Gasteiger partial charge in [-0.1, -0.05) is 60.1 Å². The number of esters is 2. The molecule has 0 amide bonds. The summed E-state index contributed by atoms with van der Waals surface area (Å²) >= 11 is 0. The van der Waals surface area contributed by atoms with Gasteiger partial charge in [0.1, 0.15) is 48.1 Å². The van der Waals surface area contributed by atoms with Crippen LogP contribution < -0.4 is 0 Å². The van der Waals surface area contributed by atoms with Gasteiger partial charge in [0, 0.05) is 6.92 Å². The zero-order valence-corrected chi connectivity index (χ0v) is 36.0. The van der Waals surface area contributed by atoms with Gasteiger partial charge in [-0.2, -0.15) is 0 Å². The summed E-state index contributed by atoms with van der Waals surface area (Å²) in [5, 5.41) is 85.4.